The average Bonchev–Trinajstić information content (AvgIpc) is 3.45. The van der Waals surface area contributed by atoms with Crippen LogP contribution >= 0.6 is 11.5 Å². The zero-order valence-corrected chi connectivity index (χ0v) is 15.4. The summed E-state index contributed by atoms with van der Waals surface area (Å²) >= 11 is 1.01. The number of carbonyl (C=O) groups is 1. The molecular formula is C19H17FN4O2S. The van der Waals surface area contributed by atoms with E-state index in [4.69, 9.17) is 4.74 Å². The molecule has 0 radical (unpaired) electrons. The third-order valence-electron chi connectivity index (χ3n) is 4.25. The van der Waals surface area contributed by atoms with Gasteiger partial charge < -0.3 is 4.74 Å². The van der Waals surface area contributed by atoms with Crippen LogP contribution < -0.4 is 15.0 Å². The first kappa shape index (κ1) is 17.4. The van der Waals surface area contributed by atoms with E-state index in [0.29, 0.717) is 16.8 Å². The summed E-state index contributed by atoms with van der Waals surface area (Å²) in [4.78, 5) is 18.2. The number of hydrogen-bond donors (Lipinski definition) is 1. The molecule has 1 N–H and O–H groups in total. The quantitative estimate of drug-likeness (QED) is 0.671. The van der Waals surface area contributed by atoms with Gasteiger partial charge in [0.2, 0.25) is 5.13 Å². The minimum atomic E-state index is -0.352. The fourth-order valence-corrected chi connectivity index (χ4v) is 3.10. The minimum absolute atomic E-state index is 0.0975. The number of carbonyl (C=O) groups excluding carboxylic acids is 1. The van der Waals surface area contributed by atoms with Gasteiger partial charge in [-0.05, 0) is 60.7 Å². The van der Waals surface area contributed by atoms with Gasteiger partial charge >= 0.3 is 12.0 Å². The second kappa shape index (κ2) is 7.32. The smallest absolute Gasteiger partial charge is 0.335 e. The lowest BCUT2D eigenvalue weighted by molar-refractivity contribution is 0.258. The molecular weight excluding hydrogens is 367 g/mol. The molecule has 1 fully saturated rings. The van der Waals surface area contributed by atoms with E-state index in [9.17, 15) is 9.18 Å². The lowest BCUT2D eigenvalue weighted by Gasteiger charge is -2.17. The maximum absolute atomic E-state index is 12.9. The summed E-state index contributed by atoms with van der Waals surface area (Å²) in [5.41, 5.74) is 2.09. The topological polar surface area (TPSA) is 67.4 Å². The maximum atomic E-state index is 12.9. The highest BCUT2D eigenvalue weighted by atomic mass is 32.1. The van der Waals surface area contributed by atoms with Crippen molar-refractivity contribution in [3.8, 4) is 11.8 Å². The average molecular weight is 384 g/mol. The van der Waals surface area contributed by atoms with Crippen LogP contribution in [0.5, 0.6) is 11.8 Å². The Bertz CT molecular complexity index is 956. The number of benzene rings is 2. The van der Waals surface area contributed by atoms with Crippen molar-refractivity contribution >= 4 is 28.4 Å². The predicted molar refractivity (Wildman–Crippen MR) is 102 cm³/mol. The van der Waals surface area contributed by atoms with Crippen molar-refractivity contribution in [2.45, 2.75) is 18.8 Å². The summed E-state index contributed by atoms with van der Waals surface area (Å²) < 4.78 is 22.4. The molecule has 0 aliphatic heterocycles. The van der Waals surface area contributed by atoms with Crippen molar-refractivity contribution in [1.82, 2.24) is 9.36 Å². The Morgan fingerprint density at radius 1 is 1.26 bits per heavy atom. The lowest BCUT2D eigenvalue weighted by atomic mass is 10.1. The van der Waals surface area contributed by atoms with Crippen LogP contribution in [-0.4, -0.2) is 22.4 Å². The molecule has 1 saturated carbocycles. The van der Waals surface area contributed by atoms with Gasteiger partial charge in [0.25, 0.3) is 0 Å². The van der Waals surface area contributed by atoms with Crippen LogP contribution in [0.15, 0.2) is 48.5 Å². The molecule has 1 heterocycles. The van der Waals surface area contributed by atoms with E-state index in [1.54, 1.807) is 7.05 Å². The van der Waals surface area contributed by atoms with E-state index in [2.05, 4.69) is 20.7 Å². The highest BCUT2D eigenvalue weighted by Crippen LogP contribution is 2.41. The fourth-order valence-electron chi connectivity index (χ4n) is 2.61. The zero-order valence-electron chi connectivity index (χ0n) is 14.6. The van der Waals surface area contributed by atoms with Crippen LogP contribution in [0.25, 0.3) is 0 Å². The van der Waals surface area contributed by atoms with Gasteiger partial charge in [-0.15, -0.1) is 4.37 Å². The zero-order chi connectivity index (χ0) is 18.8. The molecule has 1 aliphatic rings. The van der Waals surface area contributed by atoms with Gasteiger partial charge in [0.05, 0.1) is 0 Å². The Balaban J connectivity index is 1.40. The lowest BCUT2D eigenvalue weighted by Crippen LogP contribution is -2.31. The highest BCUT2D eigenvalue weighted by molar-refractivity contribution is 7.10. The molecule has 8 heteroatoms. The first-order valence-electron chi connectivity index (χ1n) is 8.50. The second-order valence-corrected chi connectivity index (χ2v) is 7.05. The van der Waals surface area contributed by atoms with Crippen molar-refractivity contribution in [3.63, 3.8) is 0 Å². The van der Waals surface area contributed by atoms with Gasteiger partial charge in [-0.1, -0.05) is 12.1 Å². The number of rotatable bonds is 5. The summed E-state index contributed by atoms with van der Waals surface area (Å²) in [6.07, 6.45) is 2.42. The molecule has 1 aliphatic carbocycles. The number of amides is 2. The minimum Gasteiger partial charge on any atom is -0.424 e. The number of aromatic nitrogens is 2. The van der Waals surface area contributed by atoms with E-state index in [0.717, 1.165) is 17.2 Å². The van der Waals surface area contributed by atoms with Gasteiger partial charge in [-0.25, -0.2) is 9.18 Å². The Morgan fingerprint density at radius 3 is 2.78 bits per heavy atom. The van der Waals surface area contributed by atoms with E-state index in [1.165, 1.54) is 47.6 Å². The van der Waals surface area contributed by atoms with Crippen LogP contribution in [0.4, 0.5) is 20.0 Å². The molecule has 6 nitrogen and oxygen atoms in total. The molecule has 27 heavy (non-hydrogen) atoms. The van der Waals surface area contributed by atoms with Gasteiger partial charge in [-0.2, -0.15) is 4.98 Å². The first-order valence-corrected chi connectivity index (χ1v) is 9.27. The summed E-state index contributed by atoms with van der Waals surface area (Å²) in [6, 6.07) is 13.3. The number of urea groups is 1. The van der Waals surface area contributed by atoms with Gasteiger partial charge in [0.1, 0.15) is 11.6 Å². The highest BCUT2D eigenvalue weighted by Gasteiger charge is 2.24. The molecule has 0 spiro atoms. The SMILES string of the molecule is CN(C(=O)Nc1nc(Oc2ccc(F)cc2)ns1)c1cccc(C2CC2)c1. The number of hydrogen-bond acceptors (Lipinski definition) is 5. The standard InChI is InChI=1S/C19H17FN4O2S/c1-24(15-4-2-3-13(11-15)12-5-6-12)19(25)22-18-21-17(23-27-18)26-16-9-7-14(20)8-10-16/h2-4,7-12H,5-6H2,1H3,(H,21,22,23,25). The number of nitrogens with zero attached hydrogens (tertiary/aromatic N) is 3. The number of halogens is 1. The molecule has 138 valence electrons. The van der Waals surface area contributed by atoms with Gasteiger partial charge in [0, 0.05) is 24.3 Å². The predicted octanol–water partition coefficient (Wildman–Crippen LogP) is 5.02. The molecule has 0 unspecified atom stereocenters. The van der Waals surface area contributed by atoms with E-state index in [1.807, 2.05) is 18.2 Å². The van der Waals surface area contributed by atoms with Gasteiger partial charge in [0.15, 0.2) is 0 Å². The maximum Gasteiger partial charge on any atom is 0.335 e. The molecule has 4 rings (SSSR count). The number of nitrogens with one attached hydrogen (secondary N) is 1. The monoisotopic (exact) mass is 384 g/mol. The van der Waals surface area contributed by atoms with Crippen LogP contribution in [0.1, 0.15) is 24.3 Å². The van der Waals surface area contributed by atoms with Gasteiger partial charge in [-0.3, -0.25) is 10.2 Å². The second-order valence-electron chi connectivity index (χ2n) is 6.30. The molecule has 2 amide bonds. The molecule has 0 bridgehead atoms. The largest absolute Gasteiger partial charge is 0.424 e. The van der Waals surface area contributed by atoms with E-state index in [-0.39, 0.29) is 17.9 Å². The summed E-state index contributed by atoms with van der Waals surface area (Å²) in [7, 11) is 1.71. The van der Waals surface area contributed by atoms with Crippen molar-refractivity contribution in [3.05, 3.63) is 59.9 Å². The molecule has 1 aromatic heterocycles. The van der Waals surface area contributed by atoms with Crippen molar-refractivity contribution in [2.24, 2.45) is 0 Å². The Kier molecular flexibility index (Phi) is 4.72. The third-order valence-corrected chi connectivity index (χ3v) is 4.87. The Hall–Kier alpha value is -3.00. The van der Waals surface area contributed by atoms with Crippen LogP contribution in [0.2, 0.25) is 0 Å². The molecule has 0 saturated heterocycles. The number of ether oxygens (including phenoxy) is 1. The van der Waals surface area contributed by atoms with Crippen molar-refractivity contribution in [2.75, 3.05) is 17.3 Å². The summed E-state index contributed by atoms with van der Waals surface area (Å²) in [5, 5.41) is 3.03. The van der Waals surface area contributed by atoms with Crippen LogP contribution in [0.3, 0.4) is 0 Å². The molecule has 2 aromatic carbocycles. The molecule has 0 atom stereocenters. The van der Waals surface area contributed by atoms with Crippen molar-refractivity contribution in [1.29, 1.82) is 0 Å². The number of anilines is 2. The normalized spacial score (nSPS) is 13.3. The summed E-state index contributed by atoms with van der Waals surface area (Å²) in [6.45, 7) is 0. The summed E-state index contributed by atoms with van der Waals surface area (Å²) in [5.74, 6) is 0.687. The van der Waals surface area contributed by atoms with Crippen LogP contribution in [0, 0.1) is 5.82 Å². The van der Waals surface area contributed by atoms with Crippen molar-refractivity contribution < 1.29 is 13.9 Å². The first-order chi connectivity index (χ1) is 13.1. The Labute approximate surface area is 159 Å². The van der Waals surface area contributed by atoms with E-state index >= 15 is 0 Å². The third kappa shape index (κ3) is 4.22. The Morgan fingerprint density at radius 2 is 2.04 bits per heavy atom. The van der Waals surface area contributed by atoms with E-state index < -0.39 is 0 Å². The van der Waals surface area contributed by atoms with Crippen LogP contribution in [-0.2, 0) is 0 Å². The molecule has 3 aromatic rings. The fraction of sp³-hybridized carbons (Fsp3) is 0.211.